The molecule has 1 N–H and O–H groups in total. The number of nitrogens with one attached hydrogen (secondary N) is 1. The van der Waals surface area contributed by atoms with E-state index in [4.69, 9.17) is 14.5 Å². The van der Waals surface area contributed by atoms with Crippen molar-refractivity contribution in [1.29, 1.82) is 0 Å². The molecule has 8 heteroatoms. The van der Waals surface area contributed by atoms with Crippen LogP contribution in [0.25, 0.3) is 11.3 Å². The Hall–Kier alpha value is -2.61. The highest BCUT2D eigenvalue weighted by Gasteiger charge is 2.49. The van der Waals surface area contributed by atoms with Gasteiger partial charge in [-0.1, -0.05) is 6.07 Å². The normalized spacial score (nSPS) is 22.6. The lowest BCUT2D eigenvalue weighted by Gasteiger charge is -2.44. The molecule has 2 saturated heterocycles. The van der Waals surface area contributed by atoms with E-state index in [0.717, 1.165) is 37.4 Å². The third-order valence-electron chi connectivity index (χ3n) is 7.58. The van der Waals surface area contributed by atoms with Crippen molar-refractivity contribution in [1.82, 2.24) is 19.8 Å². The van der Waals surface area contributed by atoms with Crippen molar-refractivity contribution in [2.75, 3.05) is 26.2 Å². The summed E-state index contributed by atoms with van der Waals surface area (Å²) >= 11 is 0. The zero-order chi connectivity index (χ0) is 24.1. The summed E-state index contributed by atoms with van der Waals surface area (Å²) in [6.07, 6.45) is 2.89. The number of rotatable bonds is 3. The number of fused-ring (bicyclic) bond motifs is 4. The van der Waals surface area contributed by atoms with Crippen LogP contribution in [0.2, 0.25) is 0 Å². The van der Waals surface area contributed by atoms with Gasteiger partial charge in [0.05, 0.1) is 17.9 Å². The van der Waals surface area contributed by atoms with Crippen molar-refractivity contribution < 1.29 is 18.7 Å². The summed E-state index contributed by atoms with van der Waals surface area (Å²) in [4.78, 5) is 19.2. The Morgan fingerprint density at radius 1 is 1.29 bits per heavy atom. The number of amides is 1. The maximum absolute atomic E-state index is 15.2. The van der Waals surface area contributed by atoms with Crippen LogP contribution in [0.3, 0.4) is 0 Å². The monoisotopic (exact) mass is 470 g/mol. The van der Waals surface area contributed by atoms with Gasteiger partial charge < -0.3 is 24.3 Å². The molecule has 2 aromatic rings. The first-order chi connectivity index (χ1) is 16.3. The molecule has 1 unspecified atom stereocenters. The number of imidazole rings is 1. The zero-order valence-electron chi connectivity index (χ0n) is 20.6. The highest BCUT2D eigenvalue weighted by atomic mass is 19.1. The van der Waals surface area contributed by atoms with Crippen LogP contribution in [0.15, 0.2) is 18.2 Å². The number of aromatic nitrogens is 2. The van der Waals surface area contributed by atoms with Gasteiger partial charge in [0.15, 0.2) is 5.60 Å². The molecule has 3 aliphatic rings. The Bertz CT molecular complexity index is 1090. The van der Waals surface area contributed by atoms with Gasteiger partial charge in [-0.25, -0.2) is 14.2 Å². The van der Waals surface area contributed by atoms with Crippen LogP contribution in [0.5, 0.6) is 5.75 Å². The number of carbonyl (C=O) groups excluding carboxylic acids is 1. The van der Waals surface area contributed by atoms with Gasteiger partial charge in [-0.05, 0) is 59.2 Å². The summed E-state index contributed by atoms with van der Waals surface area (Å²) in [6.45, 7) is 11.4. The van der Waals surface area contributed by atoms with E-state index in [1.165, 1.54) is 6.07 Å². The van der Waals surface area contributed by atoms with Crippen molar-refractivity contribution >= 4 is 6.09 Å². The number of hydrogen-bond donors (Lipinski definition) is 1. The van der Waals surface area contributed by atoms with Crippen LogP contribution in [-0.2, 0) is 16.9 Å². The van der Waals surface area contributed by atoms with E-state index in [1.807, 2.05) is 13.0 Å². The molecule has 1 spiro atoms. The van der Waals surface area contributed by atoms with Crippen molar-refractivity contribution in [2.45, 2.75) is 77.0 Å². The number of ether oxygens (including phenoxy) is 2. The smallest absolute Gasteiger partial charge is 0.409 e. The number of benzene rings is 1. The van der Waals surface area contributed by atoms with Crippen molar-refractivity contribution in [3.8, 4) is 17.0 Å². The highest BCUT2D eigenvalue weighted by Crippen LogP contribution is 2.51. The maximum atomic E-state index is 15.2. The molecule has 0 bridgehead atoms. The quantitative estimate of drug-likeness (QED) is 0.698. The van der Waals surface area contributed by atoms with E-state index < -0.39 is 5.60 Å². The van der Waals surface area contributed by atoms with Gasteiger partial charge in [-0.3, -0.25) is 0 Å². The largest absolute Gasteiger partial charge is 0.480 e. The predicted octanol–water partition coefficient (Wildman–Crippen LogP) is 4.79. The van der Waals surface area contributed by atoms with Gasteiger partial charge in [0.1, 0.15) is 23.1 Å². The summed E-state index contributed by atoms with van der Waals surface area (Å²) < 4.78 is 29.3. The average Bonchev–Trinajstić information content (AvgIpc) is 3.20. The average molecular weight is 471 g/mol. The Balaban J connectivity index is 1.61. The number of likely N-dealkylation sites (tertiary alicyclic amines) is 1. The van der Waals surface area contributed by atoms with Crippen LogP contribution in [-0.4, -0.2) is 52.3 Å². The predicted molar refractivity (Wildman–Crippen MR) is 127 cm³/mol. The summed E-state index contributed by atoms with van der Waals surface area (Å²) in [5.74, 6) is 1.54. The van der Waals surface area contributed by atoms with Crippen molar-refractivity contribution in [3.05, 3.63) is 35.5 Å². The molecule has 1 amide bonds. The van der Waals surface area contributed by atoms with E-state index in [-0.39, 0.29) is 23.4 Å². The first kappa shape index (κ1) is 23.1. The molecule has 5 rings (SSSR count). The second-order valence-corrected chi connectivity index (χ2v) is 10.3. The second-order valence-electron chi connectivity index (χ2n) is 10.3. The molecular weight excluding hydrogens is 435 g/mol. The minimum absolute atomic E-state index is 0.0241. The molecule has 184 valence electrons. The lowest BCUT2D eigenvalue weighted by Crippen LogP contribution is -2.50. The number of halogens is 1. The van der Waals surface area contributed by atoms with Gasteiger partial charge in [0, 0.05) is 43.9 Å². The summed E-state index contributed by atoms with van der Waals surface area (Å²) in [5.41, 5.74) is 1.50. The summed E-state index contributed by atoms with van der Waals surface area (Å²) in [5, 5.41) is 3.59. The van der Waals surface area contributed by atoms with E-state index in [0.29, 0.717) is 49.5 Å². The van der Waals surface area contributed by atoms with E-state index in [9.17, 15) is 4.79 Å². The Morgan fingerprint density at radius 2 is 2.06 bits per heavy atom. The van der Waals surface area contributed by atoms with Crippen LogP contribution in [0, 0.1) is 5.82 Å². The number of nitrogens with zero attached hydrogens (tertiary/aromatic N) is 3. The molecule has 1 aromatic heterocycles. The number of carbonyl (C=O) groups is 1. The number of piperidine rings is 2. The van der Waals surface area contributed by atoms with Gasteiger partial charge >= 0.3 is 6.09 Å². The summed E-state index contributed by atoms with van der Waals surface area (Å²) in [7, 11) is 0. The van der Waals surface area contributed by atoms with Crippen LogP contribution >= 0.6 is 0 Å². The fraction of sp³-hybridized carbons (Fsp3) is 0.615. The minimum atomic E-state index is -0.650. The van der Waals surface area contributed by atoms with E-state index >= 15 is 4.39 Å². The molecule has 3 aliphatic heterocycles. The Labute approximate surface area is 200 Å². The third-order valence-corrected chi connectivity index (χ3v) is 7.58. The fourth-order valence-corrected chi connectivity index (χ4v) is 6.02. The lowest BCUT2D eigenvalue weighted by molar-refractivity contribution is -0.0109. The van der Waals surface area contributed by atoms with Gasteiger partial charge in [-0.15, -0.1) is 0 Å². The first-order valence-electron chi connectivity index (χ1n) is 12.5. The standard InChI is InChI=1S/C26H35FN4O3/c1-5-31-22-21(29-23(31)17-10-13-28-25(3,4)16-17)20-18(27)8-7-9-19(20)34-26(22)11-14-30(15-12-26)24(32)33-6-2/h7-9,17,28H,5-6,10-16H2,1-4H3. The van der Waals surface area contributed by atoms with Crippen LogP contribution in [0.4, 0.5) is 9.18 Å². The van der Waals surface area contributed by atoms with Gasteiger partial charge in [-0.2, -0.15) is 0 Å². The van der Waals surface area contributed by atoms with Crippen LogP contribution in [0.1, 0.15) is 70.8 Å². The highest BCUT2D eigenvalue weighted by molar-refractivity contribution is 5.74. The van der Waals surface area contributed by atoms with Gasteiger partial charge in [0.2, 0.25) is 0 Å². The third kappa shape index (κ3) is 3.76. The van der Waals surface area contributed by atoms with Crippen molar-refractivity contribution in [2.24, 2.45) is 0 Å². The van der Waals surface area contributed by atoms with Crippen LogP contribution < -0.4 is 10.1 Å². The summed E-state index contributed by atoms with van der Waals surface area (Å²) in [6, 6.07) is 5.00. The molecule has 0 radical (unpaired) electrons. The van der Waals surface area contributed by atoms with E-state index in [1.54, 1.807) is 11.0 Å². The molecule has 7 nitrogen and oxygen atoms in total. The minimum Gasteiger partial charge on any atom is -0.480 e. The molecule has 1 atom stereocenters. The lowest BCUT2D eigenvalue weighted by atomic mass is 9.82. The molecule has 4 heterocycles. The maximum Gasteiger partial charge on any atom is 0.409 e. The van der Waals surface area contributed by atoms with Gasteiger partial charge in [0.25, 0.3) is 0 Å². The van der Waals surface area contributed by atoms with Crippen molar-refractivity contribution in [3.63, 3.8) is 0 Å². The fourth-order valence-electron chi connectivity index (χ4n) is 6.02. The zero-order valence-corrected chi connectivity index (χ0v) is 20.6. The topological polar surface area (TPSA) is 68.6 Å². The first-order valence-corrected chi connectivity index (χ1v) is 12.5. The molecule has 0 aliphatic carbocycles. The van der Waals surface area contributed by atoms with E-state index in [2.05, 4.69) is 30.7 Å². The molecule has 2 fully saturated rings. The Kier molecular flexibility index (Phi) is 5.82. The molecule has 0 saturated carbocycles. The molecule has 34 heavy (non-hydrogen) atoms. The molecular formula is C26H35FN4O3. The SMILES string of the molecule is CCOC(=O)N1CCC2(CC1)Oc1cccc(F)c1-c1nc(C3CCNC(C)(C)C3)n(CC)c12. The molecule has 1 aromatic carbocycles. The Morgan fingerprint density at radius 3 is 2.74 bits per heavy atom. The number of hydrogen-bond acceptors (Lipinski definition) is 5. The second kappa shape index (κ2) is 8.56.